The number of fused-ring (bicyclic) bond motifs is 1. The number of rotatable bonds is 3. The molecule has 1 aromatic rings. The van der Waals surface area contributed by atoms with Crippen molar-refractivity contribution in [2.75, 3.05) is 25.2 Å². The van der Waals surface area contributed by atoms with E-state index in [1.807, 2.05) is 18.0 Å². The summed E-state index contributed by atoms with van der Waals surface area (Å²) in [4.78, 5) is 18.2. The fraction of sp³-hybridized carbons (Fsp3) is 0.600. The van der Waals surface area contributed by atoms with Crippen LogP contribution in [-0.4, -0.2) is 42.4 Å². The molecule has 0 bridgehead atoms. The molecule has 5 nitrogen and oxygen atoms in total. The number of aromatic nitrogens is 1. The predicted molar refractivity (Wildman–Crippen MR) is 75.5 cm³/mol. The zero-order chi connectivity index (χ0) is 14.1. The highest BCUT2D eigenvalue weighted by atomic mass is 16.5. The first kappa shape index (κ1) is 13.4. The molecule has 0 amide bonds. The minimum Gasteiger partial charge on any atom is -0.478 e. The smallest absolute Gasteiger partial charge is 0.339 e. The van der Waals surface area contributed by atoms with E-state index in [1.54, 1.807) is 0 Å². The number of carboxylic acids is 1. The quantitative estimate of drug-likeness (QED) is 0.913. The van der Waals surface area contributed by atoms with E-state index in [0.29, 0.717) is 17.4 Å². The highest BCUT2D eigenvalue weighted by Gasteiger charge is 2.26. The summed E-state index contributed by atoms with van der Waals surface area (Å²) in [7, 11) is 1.95. The maximum Gasteiger partial charge on any atom is 0.339 e. The molecule has 1 aliphatic heterocycles. The minimum absolute atomic E-state index is 0.314. The lowest BCUT2D eigenvalue weighted by molar-refractivity contribution is 0.0696. The molecular formula is C15H20N2O3. The van der Waals surface area contributed by atoms with Gasteiger partial charge < -0.3 is 14.7 Å². The number of carboxylic acid groups (broad SMARTS) is 1. The summed E-state index contributed by atoms with van der Waals surface area (Å²) in [6.07, 6.45) is 4.84. The molecule has 1 N–H and O–H groups in total. The van der Waals surface area contributed by atoms with Crippen LogP contribution >= 0.6 is 0 Å². The van der Waals surface area contributed by atoms with Gasteiger partial charge in [-0.1, -0.05) is 0 Å². The monoisotopic (exact) mass is 276 g/mol. The number of hydrogen-bond acceptors (Lipinski definition) is 4. The van der Waals surface area contributed by atoms with Crippen molar-refractivity contribution in [2.45, 2.75) is 38.1 Å². The number of nitrogens with zero attached hydrogens (tertiary/aromatic N) is 2. The number of ether oxygens (including phenoxy) is 1. The van der Waals surface area contributed by atoms with Gasteiger partial charge in [0.1, 0.15) is 11.4 Å². The van der Waals surface area contributed by atoms with E-state index >= 15 is 0 Å². The van der Waals surface area contributed by atoms with Gasteiger partial charge >= 0.3 is 5.97 Å². The molecule has 0 atom stereocenters. The largest absolute Gasteiger partial charge is 0.478 e. The lowest BCUT2D eigenvalue weighted by atomic mass is 10.1. The van der Waals surface area contributed by atoms with E-state index in [2.05, 4.69) is 4.98 Å². The minimum atomic E-state index is -0.888. The third kappa shape index (κ3) is 2.38. The van der Waals surface area contributed by atoms with Crippen LogP contribution in [0.3, 0.4) is 0 Å². The molecule has 108 valence electrons. The summed E-state index contributed by atoms with van der Waals surface area (Å²) in [5.41, 5.74) is 2.51. The van der Waals surface area contributed by atoms with Crippen molar-refractivity contribution in [1.29, 1.82) is 0 Å². The van der Waals surface area contributed by atoms with Crippen LogP contribution in [0, 0.1) is 0 Å². The summed E-state index contributed by atoms with van der Waals surface area (Å²) in [6, 6.07) is 2.14. The van der Waals surface area contributed by atoms with Gasteiger partial charge in [-0.25, -0.2) is 9.78 Å². The molecule has 0 aromatic carbocycles. The Morgan fingerprint density at radius 2 is 2.15 bits per heavy atom. The van der Waals surface area contributed by atoms with Gasteiger partial charge in [0.2, 0.25) is 0 Å². The van der Waals surface area contributed by atoms with E-state index in [1.165, 1.54) is 0 Å². The third-order valence-corrected chi connectivity index (χ3v) is 4.33. The molecular weight excluding hydrogens is 256 g/mol. The Bertz CT molecular complexity index is 524. The average molecular weight is 276 g/mol. The molecule has 2 aliphatic rings. The Labute approximate surface area is 118 Å². The van der Waals surface area contributed by atoms with Crippen LogP contribution in [0.4, 0.5) is 5.82 Å². The summed E-state index contributed by atoms with van der Waals surface area (Å²) in [6.45, 7) is 1.48. The average Bonchev–Trinajstić information content (AvgIpc) is 2.93. The molecule has 3 rings (SSSR count). The van der Waals surface area contributed by atoms with Crippen LogP contribution in [0.15, 0.2) is 6.07 Å². The molecule has 1 aliphatic carbocycles. The summed E-state index contributed by atoms with van der Waals surface area (Å²) < 4.78 is 5.37. The molecule has 0 unspecified atom stereocenters. The van der Waals surface area contributed by atoms with E-state index < -0.39 is 5.97 Å². The molecule has 2 heterocycles. The second kappa shape index (κ2) is 5.40. The van der Waals surface area contributed by atoms with Crippen LogP contribution < -0.4 is 4.90 Å². The van der Waals surface area contributed by atoms with Crippen molar-refractivity contribution in [3.05, 3.63) is 22.9 Å². The Morgan fingerprint density at radius 3 is 2.85 bits per heavy atom. The second-order valence-corrected chi connectivity index (χ2v) is 5.58. The normalized spacial score (nSPS) is 18.9. The highest BCUT2D eigenvalue weighted by molar-refractivity contribution is 5.93. The standard InChI is InChI=1S/C15H20N2O3/c1-17(11-5-7-20-8-6-11)14-12(15(18)19)9-10-3-2-4-13(10)16-14/h9,11H,2-8H2,1H3,(H,18,19). The summed E-state index contributed by atoms with van der Waals surface area (Å²) in [5.74, 6) is -0.272. The Kier molecular flexibility index (Phi) is 3.61. The highest BCUT2D eigenvalue weighted by Crippen LogP contribution is 2.29. The first-order valence-corrected chi connectivity index (χ1v) is 7.23. The number of anilines is 1. The molecule has 5 heteroatoms. The molecule has 20 heavy (non-hydrogen) atoms. The fourth-order valence-electron chi connectivity index (χ4n) is 3.13. The van der Waals surface area contributed by atoms with Crippen molar-refractivity contribution in [1.82, 2.24) is 4.98 Å². The number of carbonyl (C=O) groups is 1. The van der Waals surface area contributed by atoms with Gasteiger partial charge in [0.15, 0.2) is 0 Å². The third-order valence-electron chi connectivity index (χ3n) is 4.33. The van der Waals surface area contributed by atoms with Crippen LogP contribution in [-0.2, 0) is 17.6 Å². The van der Waals surface area contributed by atoms with E-state index in [0.717, 1.165) is 56.6 Å². The first-order valence-electron chi connectivity index (χ1n) is 7.23. The number of aryl methyl sites for hydroxylation is 2. The number of aromatic carboxylic acids is 1. The lowest BCUT2D eigenvalue weighted by Crippen LogP contribution is -2.38. The van der Waals surface area contributed by atoms with Gasteiger partial charge in [0.05, 0.1) is 0 Å². The first-order chi connectivity index (χ1) is 9.66. The summed E-state index contributed by atoms with van der Waals surface area (Å²) >= 11 is 0. The molecule has 1 saturated heterocycles. The SMILES string of the molecule is CN(c1nc2c(cc1C(=O)O)CCC2)C1CCOCC1. The van der Waals surface area contributed by atoms with Gasteiger partial charge in [-0.15, -0.1) is 0 Å². The van der Waals surface area contributed by atoms with Crippen LogP contribution in [0.1, 0.15) is 40.9 Å². The van der Waals surface area contributed by atoms with Crippen LogP contribution in [0.25, 0.3) is 0 Å². The van der Waals surface area contributed by atoms with Gasteiger partial charge in [-0.05, 0) is 43.7 Å². The molecule has 0 saturated carbocycles. The molecule has 0 radical (unpaired) electrons. The summed E-state index contributed by atoms with van der Waals surface area (Å²) in [5, 5.41) is 9.45. The van der Waals surface area contributed by atoms with Crippen molar-refractivity contribution in [2.24, 2.45) is 0 Å². The molecule has 1 aromatic heterocycles. The topological polar surface area (TPSA) is 62.7 Å². The van der Waals surface area contributed by atoms with Gasteiger partial charge in [-0.3, -0.25) is 0 Å². The number of pyridine rings is 1. The van der Waals surface area contributed by atoms with E-state index in [4.69, 9.17) is 4.74 Å². The lowest BCUT2D eigenvalue weighted by Gasteiger charge is -2.33. The Morgan fingerprint density at radius 1 is 1.40 bits per heavy atom. The van der Waals surface area contributed by atoms with Crippen molar-refractivity contribution < 1.29 is 14.6 Å². The van der Waals surface area contributed by atoms with Gasteiger partial charge in [0, 0.05) is 32.0 Å². The molecule has 1 fully saturated rings. The fourth-order valence-corrected chi connectivity index (χ4v) is 3.13. The maximum atomic E-state index is 11.5. The van der Waals surface area contributed by atoms with Crippen molar-refractivity contribution >= 4 is 11.8 Å². The Balaban J connectivity index is 1.96. The zero-order valence-corrected chi connectivity index (χ0v) is 11.8. The molecule has 0 spiro atoms. The van der Waals surface area contributed by atoms with Gasteiger partial charge in [0.25, 0.3) is 0 Å². The van der Waals surface area contributed by atoms with Crippen LogP contribution in [0.5, 0.6) is 0 Å². The second-order valence-electron chi connectivity index (χ2n) is 5.58. The van der Waals surface area contributed by atoms with Gasteiger partial charge in [-0.2, -0.15) is 0 Å². The Hall–Kier alpha value is -1.62. The van der Waals surface area contributed by atoms with Crippen molar-refractivity contribution in [3.8, 4) is 0 Å². The van der Waals surface area contributed by atoms with E-state index in [-0.39, 0.29) is 0 Å². The predicted octanol–water partition coefficient (Wildman–Crippen LogP) is 1.88. The van der Waals surface area contributed by atoms with E-state index in [9.17, 15) is 9.90 Å². The zero-order valence-electron chi connectivity index (χ0n) is 11.8. The number of hydrogen-bond donors (Lipinski definition) is 1. The van der Waals surface area contributed by atoms with Crippen molar-refractivity contribution in [3.63, 3.8) is 0 Å². The maximum absolute atomic E-state index is 11.5. The van der Waals surface area contributed by atoms with Crippen LogP contribution in [0.2, 0.25) is 0 Å².